The molecule has 13 nitrogen and oxygen atoms in total. The van der Waals surface area contributed by atoms with Crippen molar-refractivity contribution in [2.75, 3.05) is 5.32 Å². The van der Waals surface area contributed by atoms with Gasteiger partial charge in [-0.1, -0.05) is 0 Å². The van der Waals surface area contributed by atoms with Crippen LogP contribution in [0.3, 0.4) is 0 Å². The number of carboxylic acids is 1. The first-order chi connectivity index (χ1) is 17.1. The number of hydrogen-bond donors (Lipinski definition) is 7. The van der Waals surface area contributed by atoms with Crippen molar-refractivity contribution in [1.82, 2.24) is 9.55 Å². The number of rotatable bonds is 7. The highest BCUT2D eigenvalue weighted by Crippen LogP contribution is 2.24. The molecule has 5 atom stereocenters. The van der Waals surface area contributed by atoms with Gasteiger partial charge < -0.3 is 45.5 Å². The Balaban J connectivity index is 1.47. The number of aliphatic hydroxyl groups is 3. The second-order valence-corrected chi connectivity index (χ2v) is 8.28. The Labute approximate surface area is 204 Å². The fourth-order valence-electron chi connectivity index (χ4n) is 3.81. The van der Waals surface area contributed by atoms with Gasteiger partial charge in [0.2, 0.25) is 6.29 Å². The summed E-state index contributed by atoms with van der Waals surface area (Å²) >= 11 is 0. The number of benzene rings is 2. The molecule has 0 aliphatic carbocycles. The zero-order chi connectivity index (χ0) is 26.1. The molecule has 190 valence electrons. The minimum Gasteiger partial charge on any atom is -0.479 e. The lowest BCUT2D eigenvalue weighted by Crippen LogP contribution is -2.60. The lowest BCUT2D eigenvalue weighted by molar-refractivity contribution is -0.278. The Hall–Kier alpha value is -4.04. The van der Waals surface area contributed by atoms with E-state index in [1.165, 1.54) is 12.1 Å². The van der Waals surface area contributed by atoms with Crippen LogP contribution in [0.5, 0.6) is 0 Å². The topological polar surface area (TPSA) is 213 Å². The van der Waals surface area contributed by atoms with Gasteiger partial charge in [0.15, 0.2) is 6.10 Å². The van der Waals surface area contributed by atoms with Gasteiger partial charge >= 0.3 is 11.9 Å². The van der Waals surface area contributed by atoms with Gasteiger partial charge in [-0.2, -0.15) is 0 Å². The minimum atomic E-state index is -1.89. The third-order valence-corrected chi connectivity index (χ3v) is 5.89. The van der Waals surface area contributed by atoms with E-state index in [1.807, 2.05) is 11.6 Å². The number of aryl methyl sites for hydroxylation is 1. The largest absolute Gasteiger partial charge is 0.479 e. The van der Waals surface area contributed by atoms with Crippen molar-refractivity contribution in [2.45, 2.75) is 37.3 Å². The molecule has 1 fully saturated rings. The number of aliphatic hydroxyl groups excluding tert-OH is 3. The summed E-state index contributed by atoms with van der Waals surface area (Å²) in [5, 5.41) is 49.5. The number of carbonyl (C=O) groups excluding carboxylic acids is 1. The molecular weight excluding hydrogens is 474 g/mol. The van der Waals surface area contributed by atoms with E-state index in [9.17, 15) is 24.9 Å². The Morgan fingerprint density at radius 3 is 2.42 bits per heavy atom. The number of ether oxygens (including phenoxy) is 2. The molecule has 1 aliphatic rings. The molecule has 1 saturated heterocycles. The molecule has 1 aliphatic heterocycles. The van der Waals surface area contributed by atoms with Crippen molar-refractivity contribution in [2.24, 2.45) is 12.8 Å². The van der Waals surface area contributed by atoms with Crippen LogP contribution in [0.4, 0.5) is 5.69 Å². The van der Waals surface area contributed by atoms with Crippen LogP contribution < -0.4 is 11.1 Å². The highest BCUT2D eigenvalue weighted by molar-refractivity contribution is 5.95. The van der Waals surface area contributed by atoms with Crippen LogP contribution in [-0.2, 0) is 27.9 Å². The molecule has 0 spiro atoms. The number of carbonyl (C=O) groups is 2. The maximum absolute atomic E-state index is 12.7. The lowest BCUT2D eigenvalue weighted by Gasteiger charge is -2.37. The van der Waals surface area contributed by atoms with E-state index in [4.69, 9.17) is 25.7 Å². The minimum absolute atomic E-state index is 0.0220. The smallest absolute Gasteiger partial charge is 0.340 e. The Kier molecular flexibility index (Phi) is 6.90. The van der Waals surface area contributed by atoms with E-state index < -0.39 is 42.6 Å². The molecule has 1 aromatic heterocycles. The van der Waals surface area contributed by atoms with Gasteiger partial charge in [-0.3, -0.25) is 5.41 Å². The number of anilines is 1. The molecule has 0 unspecified atom stereocenters. The highest BCUT2D eigenvalue weighted by atomic mass is 16.7. The van der Waals surface area contributed by atoms with Gasteiger partial charge in [0.1, 0.15) is 30.0 Å². The van der Waals surface area contributed by atoms with Crippen molar-refractivity contribution in [1.29, 1.82) is 5.41 Å². The average Bonchev–Trinajstić information content (AvgIpc) is 3.17. The first kappa shape index (κ1) is 25.1. The molecule has 13 heteroatoms. The van der Waals surface area contributed by atoms with Crippen molar-refractivity contribution in [3.63, 3.8) is 0 Å². The molecule has 0 amide bonds. The summed E-state index contributed by atoms with van der Waals surface area (Å²) in [6.45, 7) is 0.364. The van der Waals surface area contributed by atoms with Gasteiger partial charge in [0, 0.05) is 18.3 Å². The number of carboxylic acid groups (broad SMARTS) is 1. The third-order valence-electron chi connectivity index (χ3n) is 5.89. The van der Waals surface area contributed by atoms with Gasteiger partial charge in [-0.25, -0.2) is 14.6 Å². The summed E-state index contributed by atoms with van der Waals surface area (Å²) in [5.74, 6) is -1.88. The molecule has 3 aromatic rings. The van der Waals surface area contributed by atoms with E-state index in [0.29, 0.717) is 23.4 Å². The normalized spacial score (nSPS) is 23.8. The number of nitrogens with one attached hydrogen (secondary N) is 2. The second-order valence-electron chi connectivity index (χ2n) is 8.28. The maximum atomic E-state index is 12.7. The summed E-state index contributed by atoms with van der Waals surface area (Å²) in [4.78, 5) is 28.4. The number of imidazole rings is 1. The molecule has 4 rings (SSSR count). The van der Waals surface area contributed by atoms with E-state index in [1.54, 1.807) is 30.3 Å². The summed E-state index contributed by atoms with van der Waals surface area (Å²) in [6, 6.07) is 11.6. The molecule has 0 saturated carbocycles. The summed E-state index contributed by atoms with van der Waals surface area (Å²) in [5.41, 5.74) is 8.15. The van der Waals surface area contributed by atoms with E-state index in [2.05, 4.69) is 10.3 Å². The van der Waals surface area contributed by atoms with E-state index in [0.717, 1.165) is 11.2 Å². The predicted molar refractivity (Wildman–Crippen MR) is 125 cm³/mol. The third kappa shape index (κ3) is 4.85. The first-order valence-electron chi connectivity index (χ1n) is 10.8. The van der Waals surface area contributed by atoms with Crippen LogP contribution in [0, 0.1) is 5.41 Å². The van der Waals surface area contributed by atoms with Gasteiger partial charge in [-0.05, 0) is 42.5 Å². The number of aliphatic carboxylic acids is 1. The van der Waals surface area contributed by atoms with Gasteiger partial charge in [-0.15, -0.1) is 0 Å². The number of nitrogens with zero attached hydrogens (tertiary/aromatic N) is 2. The fraction of sp³-hybridized carbons (Fsp3) is 0.304. The lowest BCUT2D eigenvalue weighted by atomic mass is 9.99. The first-order valence-corrected chi connectivity index (χ1v) is 10.8. The predicted octanol–water partition coefficient (Wildman–Crippen LogP) is -0.482. The molecule has 0 radical (unpaired) electrons. The van der Waals surface area contributed by atoms with Crippen LogP contribution in [0.2, 0.25) is 0 Å². The molecule has 8 N–H and O–H groups in total. The average molecular weight is 499 g/mol. The zero-order valence-electron chi connectivity index (χ0n) is 19.0. The van der Waals surface area contributed by atoms with Gasteiger partial charge in [0.25, 0.3) is 0 Å². The van der Waals surface area contributed by atoms with Crippen LogP contribution in [0.1, 0.15) is 21.7 Å². The van der Waals surface area contributed by atoms with Gasteiger partial charge in [0.05, 0.1) is 23.1 Å². The summed E-state index contributed by atoms with van der Waals surface area (Å²) in [7, 11) is 1.81. The number of amidine groups is 1. The van der Waals surface area contributed by atoms with Crippen molar-refractivity contribution < 1.29 is 39.5 Å². The number of hydrogen-bond acceptors (Lipinski definition) is 10. The Bertz CT molecular complexity index is 1310. The quantitative estimate of drug-likeness (QED) is 0.125. The van der Waals surface area contributed by atoms with Crippen LogP contribution in [0.15, 0.2) is 42.5 Å². The van der Waals surface area contributed by atoms with Crippen molar-refractivity contribution >= 4 is 34.5 Å². The van der Waals surface area contributed by atoms with Crippen molar-refractivity contribution in [3.05, 3.63) is 59.4 Å². The van der Waals surface area contributed by atoms with E-state index >= 15 is 0 Å². The summed E-state index contributed by atoms with van der Waals surface area (Å²) in [6.07, 6.45) is -9.31. The van der Waals surface area contributed by atoms with Crippen LogP contribution in [-0.4, -0.2) is 78.5 Å². The fourth-order valence-corrected chi connectivity index (χ4v) is 3.81. The molecule has 36 heavy (non-hydrogen) atoms. The number of esters is 1. The molecule has 2 heterocycles. The number of nitrogen functional groups attached to an aromatic ring is 1. The van der Waals surface area contributed by atoms with Crippen LogP contribution >= 0.6 is 0 Å². The Morgan fingerprint density at radius 2 is 1.78 bits per heavy atom. The number of nitrogens with two attached hydrogens (primary N) is 1. The zero-order valence-corrected chi connectivity index (χ0v) is 19.0. The standard InChI is InChI=1S/C23H25N5O8/c1-28-14-7-4-11(22(34)36-23-18(31)16(29)17(30)19(35-23)21(32)33)8-13(14)27-15(28)9-26-12-5-2-10(3-6-12)20(24)25/h2-8,16-19,23,26,29-31H,9H2,1H3,(H3,24,25)(H,32,33)/t16-,17-,18+,19-,23-/m0/s1. The van der Waals surface area contributed by atoms with Crippen molar-refractivity contribution in [3.8, 4) is 0 Å². The molecule has 0 bridgehead atoms. The van der Waals surface area contributed by atoms with Crippen LogP contribution in [0.25, 0.3) is 11.0 Å². The molecule has 2 aromatic carbocycles. The second kappa shape index (κ2) is 9.91. The SMILES string of the molecule is Cn1c(CNc2ccc(C(=N)N)cc2)nc2cc(C(=O)O[C@@H]3O[C@H](C(=O)O)[C@@H](O)[C@H](O)[C@H]3O)ccc21. The summed E-state index contributed by atoms with van der Waals surface area (Å²) < 4.78 is 11.9. The highest BCUT2D eigenvalue weighted by Gasteiger charge is 2.48. The monoisotopic (exact) mass is 499 g/mol. The van der Waals surface area contributed by atoms with E-state index in [-0.39, 0.29) is 11.4 Å². The number of fused-ring (bicyclic) bond motifs is 1. The molecular formula is C23H25N5O8. The maximum Gasteiger partial charge on any atom is 0.340 e. The number of aromatic nitrogens is 2. The Morgan fingerprint density at radius 1 is 1.11 bits per heavy atom.